The SMILES string of the molecule is CCOC(=O)/C(C#N)=C/Nc1ccc(S(=O)(=O)Nc2cc(C)on2)cc1. The van der Waals surface area contributed by atoms with Crippen molar-refractivity contribution in [2.45, 2.75) is 18.7 Å². The highest BCUT2D eigenvalue weighted by molar-refractivity contribution is 7.92. The van der Waals surface area contributed by atoms with Crippen molar-refractivity contribution in [2.24, 2.45) is 0 Å². The van der Waals surface area contributed by atoms with Crippen molar-refractivity contribution >= 4 is 27.5 Å². The summed E-state index contributed by atoms with van der Waals surface area (Å²) < 4.78 is 36.4. The minimum atomic E-state index is -3.82. The first-order valence-electron chi connectivity index (χ1n) is 7.46. The number of sulfonamides is 1. The largest absolute Gasteiger partial charge is 0.462 e. The van der Waals surface area contributed by atoms with E-state index in [0.717, 1.165) is 0 Å². The highest BCUT2D eigenvalue weighted by atomic mass is 32.2. The van der Waals surface area contributed by atoms with Crippen LogP contribution in [0, 0.1) is 18.3 Å². The summed E-state index contributed by atoms with van der Waals surface area (Å²) in [5.41, 5.74) is 0.282. The molecule has 0 aliphatic rings. The molecule has 2 aromatic rings. The molecular weight excluding hydrogens is 360 g/mol. The summed E-state index contributed by atoms with van der Waals surface area (Å²) in [6, 6.07) is 8.88. The van der Waals surface area contributed by atoms with E-state index in [9.17, 15) is 13.2 Å². The Balaban J connectivity index is 2.10. The van der Waals surface area contributed by atoms with E-state index in [2.05, 4.69) is 15.2 Å². The van der Waals surface area contributed by atoms with Crippen molar-refractivity contribution < 1.29 is 22.5 Å². The number of anilines is 2. The zero-order valence-electron chi connectivity index (χ0n) is 14.0. The average Bonchev–Trinajstić information content (AvgIpc) is 3.00. The van der Waals surface area contributed by atoms with Crippen LogP contribution in [0.4, 0.5) is 11.5 Å². The number of carbonyl (C=O) groups excluding carboxylic acids is 1. The van der Waals surface area contributed by atoms with Gasteiger partial charge in [-0.25, -0.2) is 13.2 Å². The monoisotopic (exact) mass is 376 g/mol. The molecule has 9 nitrogen and oxygen atoms in total. The smallest absolute Gasteiger partial charge is 0.350 e. The van der Waals surface area contributed by atoms with E-state index < -0.39 is 16.0 Å². The minimum Gasteiger partial charge on any atom is -0.462 e. The number of hydrogen-bond acceptors (Lipinski definition) is 8. The Morgan fingerprint density at radius 1 is 1.38 bits per heavy atom. The Kier molecular flexibility index (Phi) is 5.98. The zero-order valence-corrected chi connectivity index (χ0v) is 14.8. The molecule has 1 aromatic heterocycles. The fourth-order valence-electron chi connectivity index (χ4n) is 1.84. The number of nitriles is 1. The normalized spacial score (nSPS) is 11.5. The quantitative estimate of drug-likeness (QED) is 0.426. The molecule has 0 unspecified atom stereocenters. The Morgan fingerprint density at radius 3 is 2.62 bits per heavy atom. The lowest BCUT2D eigenvalue weighted by atomic mass is 10.3. The van der Waals surface area contributed by atoms with Crippen LogP contribution in [0.3, 0.4) is 0 Å². The number of nitrogens with one attached hydrogen (secondary N) is 2. The van der Waals surface area contributed by atoms with Gasteiger partial charge in [-0.1, -0.05) is 5.16 Å². The number of aryl methyl sites for hydroxylation is 1. The van der Waals surface area contributed by atoms with Crippen LogP contribution in [0.15, 0.2) is 51.5 Å². The number of rotatable bonds is 7. The fourth-order valence-corrected chi connectivity index (χ4v) is 2.83. The molecule has 0 saturated heterocycles. The first kappa shape index (κ1) is 19.0. The van der Waals surface area contributed by atoms with E-state index in [1.807, 2.05) is 0 Å². The van der Waals surface area contributed by atoms with Crippen molar-refractivity contribution in [1.82, 2.24) is 5.16 Å². The highest BCUT2D eigenvalue weighted by Crippen LogP contribution is 2.18. The van der Waals surface area contributed by atoms with Crippen LogP contribution in [0.5, 0.6) is 0 Å². The van der Waals surface area contributed by atoms with Crippen LogP contribution in [0.2, 0.25) is 0 Å². The third-order valence-corrected chi connectivity index (χ3v) is 4.40. The molecule has 0 bridgehead atoms. The van der Waals surface area contributed by atoms with Crippen molar-refractivity contribution in [2.75, 3.05) is 16.6 Å². The van der Waals surface area contributed by atoms with E-state index in [-0.39, 0.29) is 22.9 Å². The van der Waals surface area contributed by atoms with Crippen molar-refractivity contribution in [3.05, 3.63) is 47.9 Å². The summed E-state index contributed by atoms with van der Waals surface area (Å²) in [7, 11) is -3.82. The van der Waals surface area contributed by atoms with Gasteiger partial charge in [0.2, 0.25) is 0 Å². The lowest BCUT2D eigenvalue weighted by Crippen LogP contribution is -2.13. The zero-order chi connectivity index (χ0) is 19.2. The molecule has 0 aliphatic carbocycles. The molecule has 0 spiro atoms. The second kappa shape index (κ2) is 8.17. The number of ether oxygens (including phenoxy) is 1. The number of aromatic nitrogens is 1. The predicted octanol–water partition coefficient (Wildman–Crippen LogP) is 2.17. The van der Waals surface area contributed by atoms with Gasteiger partial charge in [-0.3, -0.25) is 4.72 Å². The summed E-state index contributed by atoms with van der Waals surface area (Å²) in [5.74, 6) is -0.182. The summed E-state index contributed by atoms with van der Waals surface area (Å²) in [5, 5.41) is 15.2. The molecule has 26 heavy (non-hydrogen) atoms. The molecule has 0 aliphatic heterocycles. The van der Waals surface area contributed by atoms with Gasteiger partial charge >= 0.3 is 5.97 Å². The minimum absolute atomic E-state index is 0.0126. The third-order valence-electron chi connectivity index (χ3n) is 3.03. The standard InChI is InChI=1S/C16H16N4O5S/c1-3-24-16(21)12(9-17)10-18-13-4-6-14(7-5-13)26(22,23)20-15-8-11(2)25-19-15/h4-8,10,18H,3H2,1-2H3,(H,19,20)/b12-10+. The summed E-state index contributed by atoms with van der Waals surface area (Å²) in [6.07, 6.45) is 1.19. The van der Waals surface area contributed by atoms with Crippen molar-refractivity contribution in [1.29, 1.82) is 5.26 Å². The maximum atomic E-state index is 12.3. The number of nitrogens with zero attached hydrogens (tertiary/aromatic N) is 2. The highest BCUT2D eigenvalue weighted by Gasteiger charge is 2.16. The molecule has 136 valence electrons. The molecule has 1 heterocycles. The van der Waals surface area contributed by atoms with Gasteiger partial charge in [0, 0.05) is 18.0 Å². The van der Waals surface area contributed by atoms with Crippen LogP contribution in [-0.2, 0) is 19.6 Å². The first-order valence-corrected chi connectivity index (χ1v) is 8.94. The van der Waals surface area contributed by atoms with Crippen molar-refractivity contribution in [3.63, 3.8) is 0 Å². The van der Waals surface area contributed by atoms with Gasteiger partial charge < -0.3 is 14.6 Å². The molecule has 0 saturated carbocycles. The Labute approximate surface area is 150 Å². The van der Waals surface area contributed by atoms with E-state index in [4.69, 9.17) is 14.5 Å². The first-order chi connectivity index (χ1) is 12.4. The predicted molar refractivity (Wildman–Crippen MR) is 92.4 cm³/mol. The van der Waals surface area contributed by atoms with Crippen LogP contribution in [0.1, 0.15) is 12.7 Å². The Bertz CT molecular complexity index is 955. The van der Waals surface area contributed by atoms with E-state index in [1.165, 1.54) is 36.5 Å². The van der Waals surface area contributed by atoms with Crippen LogP contribution >= 0.6 is 0 Å². The number of benzene rings is 1. The molecule has 0 fully saturated rings. The van der Waals surface area contributed by atoms with Gasteiger partial charge in [-0.05, 0) is 38.1 Å². The summed E-state index contributed by atoms with van der Waals surface area (Å²) in [6.45, 7) is 3.43. The molecule has 2 rings (SSSR count). The molecule has 0 amide bonds. The molecular formula is C16H16N4O5S. The Hall–Kier alpha value is -3.32. The molecule has 10 heteroatoms. The molecule has 1 aromatic carbocycles. The van der Waals surface area contributed by atoms with Gasteiger partial charge in [-0.15, -0.1) is 0 Å². The number of carbonyl (C=O) groups is 1. The average molecular weight is 376 g/mol. The second-order valence-electron chi connectivity index (χ2n) is 4.99. The molecule has 0 radical (unpaired) electrons. The van der Waals surface area contributed by atoms with Gasteiger partial charge in [0.1, 0.15) is 11.8 Å². The maximum absolute atomic E-state index is 12.3. The van der Waals surface area contributed by atoms with Gasteiger partial charge in [0.25, 0.3) is 10.0 Å². The van der Waals surface area contributed by atoms with E-state index in [0.29, 0.717) is 11.4 Å². The van der Waals surface area contributed by atoms with Crippen LogP contribution in [0.25, 0.3) is 0 Å². The van der Waals surface area contributed by atoms with Crippen LogP contribution < -0.4 is 10.0 Å². The van der Waals surface area contributed by atoms with Gasteiger partial charge in [-0.2, -0.15) is 5.26 Å². The fraction of sp³-hybridized carbons (Fsp3) is 0.188. The second-order valence-corrected chi connectivity index (χ2v) is 6.67. The third kappa shape index (κ3) is 4.84. The Morgan fingerprint density at radius 2 is 2.08 bits per heavy atom. The summed E-state index contributed by atoms with van der Waals surface area (Å²) in [4.78, 5) is 11.5. The van der Waals surface area contributed by atoms with Gasteiger partial charge in [0.15, 0.2) is 11.4 Å². The lowest BCUT2D eigenvalue weighted by Gasteiger charge is -2.07. The van der Waals surface area contributed by atoms with Gasteiger partial charge in [0.05, 0.1) is 11.5 Å². The topological polar surface area (TPSA) is 134 Å². The molecule has 0 atom stereocenters. The molecule has 2 N–H and O–H groups in total. The number of hydrogen-bond donors (Lipinski definition) is 2. The van der Waals surface area contributed by atoms with E-state index >= 15 is 0 Å². The number of esters is 1. The lowest BCUT2D eigenvalue weighted by molar-refractivity contribution is -0.138. The summed E-state index contributed by atoms with van der Waals surface area (Å²) >= 11 is 0. The van der Waals surface area contributed by atoms with E-state index in [1.54, 1.807) is 19.9 Å². The maximum Gasteiger partial charge on any atom is 0.350 e. The van der Waals surface area contributed by atoms with Crippen molar-refractivity contribution in [3.8, 4) is 6.07 Å². The van der Waals surface area contributed by atoms with Crippen LogP contribution in [-0.4, -0.2) is 26.2 Å².